The third-order valence-electron chi connectivity index (χ3n) is 2.71. The second kappa shape index (κ2) is 5.24. The Bertz CT molecular complexity index is 618. The lowest BCUT2D eigenvalue weighted by molar-refractivity contribution is -0.137. The van der Waals surface area contributed by atoms with Crippen molar-refractivity contribution >= 4 is 17.2 Å². The Kier molecular flexibility index (Phi) is 3.65. The van der Waals surface area contributed by atoms with Crippen LogP contribution >= 0.6 is 0 Å². The number of hydrogen-bond donors (Lipinski definition) is 3. The molecule has 104 valence electrons. The van der Waals surface area contributed by atoms with Crippen molar-refractivity contribution in [3.63, 3.8) is 0 Å². The van der Waals surface area contributed by atoms with Crippen LogP contribution in [0.2, 0.25) is 0 Å². The van der Waals surface area contributed by atoms with Crippen molar-refractivity contribution in [2.24, 2.45) is 5.73 Å². The van der Waals surface area contributed by atoms with Crippen molar-refractivity contribution < 1.29 is 13.2 Å². The van der Waals surface area contributed by atoms with Gasteiger partial charge in [0.2, 0.25) is 0 Å². The summed E-state index contributed by atoms with van der Waals surface area (Å²) >= 11 is 0. The van der Waals surface area contributed by atoms with Gasteiger partial charge in [-0.3, -0.25) is 5.41 Å². The maximum Gasteiger partial charge on any atom is 0.416 e. The molecule has 2 aromatic carbocycles. The van der Waals surface area contributed by atoms with Gasteiger partial charge in [0.25, 0.3) is 0 Å². The molecule has 3 nitrogen and oxygen atoms in total. The normalized spacial score (nSPS) is 11.2. The first kappa shape index (κ1) is 13.9. The zero-order chi connectivity index (χ0) is 14.8. The summed E-state index contributed by atoms with van der Waals surface area (Å²) < 4.78 is 37.4. The predicted octanol–water partition coefficient (Wildman–Crippen LogP) is 3.73. The average molecular weight is 279 g/mol. The fraction of sp³-hybridized carbons (Fsp3) is 0.0714. The molecule has 0 radical (unpaired) electrons. The lowest BCUT2D eigenvalue weighted by Gasteiger charge is -2.12. The number of anilines is 2. The quantitative estimate of drug-likeness (QED) is 0.592. The minimum atomic E-state index is -4.35. The summed E-state index contributed by atoms with van der Waals surface area (Å²) in [5.74, 6) is -0.111. The van der Waals surface area contributed by atoms with Crippen LogP contribution < -0.4 is 11.1 Å². The van der Waals surface area contributed by atoms with Crippen LogP contribution in [0.5, 0.6) is 0 Å². The fourth-order valence-electron chi connectivity index (χ4n) is 1.73. The lowest BCUT2D eigenvalue weighted by atomic mass is 10.1. The fourth-order valence-corrected chi connectivity index (χ4v) is 1.73. The Morgan fingerprint density at radius 2 is 1.60 bits per heavy atom. The van der Waals surface area contributed by atoms with Gasteiger partial charge in [0.1, 0.15) is 5.84 Å². The van der Waals surface area contributed by atoms with E-state index in [9.17, 15) is 13.2 Å². The first-order chi connectivity index (χ1) is 9.38. The van der Waals surface area contributed by atoms with E-state index in [1.807, 2.05) is 0 Å². The minimum Gasteiger partial charge on any atom is -0.384 e. The van der Waals surface area contributed by atoms with Crippen molar-refractivity contribution in [1.82, 2.24) is 0 Å². The van der Waals surface area contributed by atoms with Crippen LogP contribution in [-0.2, 0) is 6.18 Å². The molecule has 0 saturated carbocycles. The summed E-state index contributed by atoms with van der Waals surface area (Å²) in [6, 6.07) is 11.5. The molecular formula is C14H12F3N3. The van der Waals surface area contributed by atoms with Crippen LogP contribution in [0.15, 0.2) is 48.5 Å². The molecule has 2 rings (SSSR count). The summed E-state index contributed by atoms with van der Waals surface area (Å²) in [5.41, 5.74) is 6.29. The molecule has 0 spiro atoms. The highest BCUT2D eigenvalue weighted by Crippen LogP contribution is 2.30. The molecule has 20 heavy (non-hydrogen) atoms. The van der Waals surface area contributed by atoms with Crippen molar-refractivity contribution in [2.45, 2.75) is 6.18 Å². The number of nitrogen functional groups attached to an aromatic ring is 1. The van der Waals surface area contributed by atoms with E-state index in [-0.39, 0.29) is 5.84 Å². The summed E-state index contributed by atoms with van der Waals surface area (Å²) in [6.07, 6.45) is -4.35. The lowest BCUT2D eigenvalue weighted by Crippen LogP contribution is -2.13. The molecule has 0 aromatic heterocycles. The largest absolute Gasteiger partial charge is 0.416 e. The maximum absolute atomic E-state index is 12.5. The van der Waals surface area contributed by atoms with Gasteiger partial charge in [-0.15, -0.1) is 0 Å². The van der Waals surface area contributed by atoms with Crippen molar-refractivity contribution in [3.05, 3.63) is 59.7 Å². The molecule has 0 aliphatic rings. The van der Waals surface area contributed by atoms with Gasteiger partial charge >= 0.3 is 6.18 Å². The molecule has 0 aliphatic heterocycles. The average Bonchev–Trinajstić information content (AvgIpc) is 2.38. The van der Waals surface area contributed by atoms with Gasteiger partial charge in [-0.1, -0.05) is 12.1 Å². The van der Waals surface area contributed by atoms with E-state index in [4.69, 9.17) is 11.1 Å². The minimum absolute atomic E-state index is 0.111. The Balaban J connectivity index is 2.25. The van der Waals surface area contributed by atoms with Crippen molar-refractivity contribution in [1.29, 1.82) is 5.41 Å². The molecule has 0 fully saturated rings. The van der Waals surface area contributed by atoms with E-state index in [0.29, 0.717) is 16.9 Å². The molecule has 0 unspecified atom stereocenters. The van der Waals surface area contributed by atoms with Crippen LogP contribution in [0.25, 0.3) is 0 Å². The molecule has 4 N–H and O–H groups in total. The number of benzene rings is 2. The SMILES string of the molecule is N=C(N)c1ccccc1Nc1ccc(C(F)(F)F)cc1. The molecule has 2 aromatic rings. The van der Waals surface area contributed by atoms with Gasteiger partial charge in [0, 0.05) is 16.9 Å². The Hall–Kier alpha value is -2.50. The number of hydrogen-bond acceptors (Lipinski definition) is 2. The Morgan fingerprint density at radius 3 is 2.15 bits per heavy atom. The Labute approximate surface area is 113 Å². The molecular weight excluding hydrogens is 267 g/mol. The van der Waals surface area contributed by atoms with Crippen molar-refractivity contribution in [3.8, 4) is 0 Å². The smallest absolute Gasteiger partial charge is 0.384 e. The van der Waals surface area contributed by atoms with Crippen LogP contribution in [0.1, 0.15) is 11.1 Å². The Morgan fingerprint density at radius 1 is 1.00 bits per heavy atom. The number of rotatable bonds is 3. The molecule has 0 atom stereocenters. The first-order valence-electron chi connectivity index (χ1n) is 5.75. The molecule has 0 heterocycles. The summed E-state index contributed by atoms with van der Waals surface area (Å²) in [4.78, 5) is 0. The molecule has 0 amide bonds. The predicted molar refractivity (Wildman–Crippen MR) is 72.2 cm³/mol. The second-order valence-electron chi connectivity index (χ2n) is 4.16. The topological polar surface area (TPSA) is 61.9 Å². The highest BCUT2D eigenvalue weighted by molar-refractivity contribution is 6.00. The number of amidine groups is 1. The van der Waals surface area contributed by atoms with E-state index in [2.05, 4.69) is 5.32 Å². The van der Waals surface area contributed by atoms with Crippen molar-refractivity contribution in [2.75, 3.05) is 5.32 Å². The van der Waals surface area contributed by atoms with Crippen LogP contribution in [0.3, 0.4) is 0 Å². The standard InChI is InChI=1S/C14H12F3N3/c15-14(16,17)9-5-7-10(8-6-9)20-12-4-2-1-3-11(12)13(18)19/h1-8,20H,(H3,18,19). The third-order valence-corrected chi connectivity index (χ3v) is 2.71. The zero-order valence-corrected chi connectivity index (χ0v) is 10.3. The van der Waals surface area contributed by atoms with Gasteiger partial charge in [0.15, 0.2) is 0 Å². The molecule has 0 aliphatic carbocycles. The highest BCUT2D eigenvalue weighted by Gasteiger charge is 2.29. The number of nitrogens with two attached hydrogens (primary N) is 1. The van der Waals surface area contributed by atoms with Crippen LogP contribution in [0.4, 0.5) is 24.5 Å². The van der Waals surface area contributed by atoms with Gasteiger partial charge in [0.05, 0.1) is 5.56 Å². The van der Waals surface area contributed by atoms with E-state index in [1.165, 1.54) is 12.1 Å². The number of halogens is 3. The molecule has 0 saturated heterocycles. The maximum atomic E-state index is 12.5. The van der Waals surface area contributed by atoms with Crippen LogP contribution in [0, 0.1) is 5.41 Å². The highest BCUT2D eigenvalue weighted by atomic mass is 19.4. The second-order valence-corrected chi connectivity index (χ2v) is 4.16. The number of alkyl halides is 3. The summed E-state index contributed by atoms with van der Waals surface area (Å²) in [5, 5.41) is 10.4. The number of para-hydroxylation sites is 1. The molecule has 6 heteroatoms. The summed E-state index contributed by atoms with van der Waals surface area (Å²) in [7, 11) is 0. The molecule has 0 bridgehead atoms. The monoisotopic (exact) mass is 279 g/mol. The van der Waals surface area contributed by atoms with Gasteiger partial charge in [-0.05, 0) is 36.4 Å². The van der Waals surface area contributed by atoms with E-state index in [1.54, 1.807) is 24.3 Å². The van der Waals surface area contributed by atoms with Gasteiger partial charge in [-0.25, -0.2) is 0 Å². The number of nitrogens with one attached hydrogen (secondary N) is 2. The first-order valence-corrected chi connectivity index (χ1v) is 5.75. The van der Waals surface area contributed by atoms with E-state index < -0.39 is 11.7 Å². The third kappa shape index (κ3) is 3.09. The summed E-state index contributed by atoms with van der Waals surface area (Å²) in [6.45, 7) is 0. The zero-order valence-electron chi connectivity index (χ0n) is 10.3. The van der Waals surface area contributed by atoms with Gasteiger partial charge in [-0.2, -0.15) is 13.2 Å². The van der Waals surface area contributed by atoms with E-state index >= 15 is 0 Å². The van der Waals surface area contributed by atoms with Crippen LogP contribution in [-0.4, -0.2) is 5.84 Å². The van der Waals surface area contributed by atoms with Gasteiger partial charge < -0.3 is 11.1 Å². The van der Waals surface area contributed by atoms with E-state index in [0.717, 1.165) is 12.1 Å².